The summed E-state index contributed by atoms with van der Waals surface area (Å²) in [4.78, 5) is 0. The van der Waals surface area contributed by atoms with Crippen LogP contribution < -0.4 is 5.32 Å². The third kappa shape index (κ3) is 3.38. The second-order valence-electron chi connectivity index (χ2n) is 4.04. The molecular formula is C11H16ClNS2. The summed E-state index contributed by atoms with van der Waals surface area (Å²) < 4.78 is 0.884. The van der Waals surface area contributed by atoms with Gasteiger partial charge in [-0.15, -0.1) is 11.3 Å². The second-order valence-corrected chi connectivity index (χ2v) is 6.74. The zero-order valence-corrected chi connectivity index (χ0v) is 11.2. The normalized spacial score (nSPS) is 23.2. The van der Waals surface area contributed by atoms with E-state index in [1.165, 1.54) is 23.5 Å². The molecule has 1 saturated heterocycles. The molecule has 0 saturated carbocycles. The van der Waals surface area contributed by atoms with Crippen LogP contribution in [0.25, 0.3) is 0 Å². The summed E-state index contributed by atoms with van der Waals surface area (Å²) in [5.41, 5.74) is 1.32. The smallest absolute Gasteiger partial charge is 0.0931 e. The predicted octanol–water partition coefficient (Wildman–Crippen LogP) is 3.81. The largest absolute Gasteiger partial charge is 0.310 e. The molecule has 1 aromatic rings. The Bertz CT molecular complexity index is 307. The Morgan fingerprint density at radius 1 is 1.67 bits per heavy atom. The zero-order chi connectivity index (χ0) is 10.7. The van der Waals surface area contributed by atoms with Gasteiger partial charge in [0.2, 0.25) is 0 Å². The van der Waals surface area contributed by atoms with Gasteiger partial charge >= 0.3 is 0 Å². The molecule has 1 aliphatic rings. The molecule has 1 aliphatic heterocycles. The van der Waals surface area contributed by atoms with Crippen LogP contribution in [-0.2, 0) is 0 Å². The highest BCUT2D eigenvalue weighted by atomic mass is 35.5. The molecule has 1 fully saturated rings. The van der Waals surface area contributed by atoms with Gasteiger partial charge in [0.15, 0.2) is 0 Å². The van der Waals surface area contributed by atoms with Crippen LogP contribution in [0.15, 0.2) is 11.4 Å². The van der Waals surface area contributed by atoms with Crippen molar-refractivity contribution in [3.8, 4) is 0 Å². The van der Waals surface area contributed by atoms with Crippen molar-refractivity contribution < 1.29 is 0 Å². The van der Waals surface area contributed by atoms with Gasteiger partial charge in [-0.05, 0) is 54.3 Å². The van der Waals surface area contributed by atoms with Crippen LogP contribution in [-0.4, -0.2) is 18.1 Å². The van der Waals surface area contributed by atoms with Crippen molar-refractivity contribution >= 4 is 34.7 Å². The van der Waals surface area contributed by atoms with Gasteiger partial charge in [0.25, 0.3) is 0 Å². The van der Waals surface area contributed by atoms with Crippen molar-refractivity contribution in [1.29, 1.82) is 0 Å². The first-order chi connectivity index (χ1) is 7.25. The summed E-state index contributed by atoms with van der Waals surface area (Å²) in [7, 11) is 0. The number of nitrogens with one attached hydrogen (secondary N) is 1. The topological polar surface area (TPSA) is 12.0 Å². The van der Waals surface area contributed by atoms with E-state index >= 15 is 0 Å². The Kier molecular flexibility index (Phi) is 4.38. The van der Waals surface area contributed by atoms with Gasteiger partial charge in [0.05, 0.1) is 4.34 Å². The van der Waals surface area contributed by atoms with E-state index in [1.807, 2.05) is 0 Å². The van der Waals surface area contributed by atoms with Crippen LogP contribution >= 0.6 is 34.7 Å². The summed E-state index contributed by atoms with van der Waals surface area (Å²) >= 11 is 9.61. The van der Waals surface area contributed by atoms with E-state index in [4.69, 9.17) is 11.6 Å². The average Bonchev–Trinajstić information content (AvgIpc) is 2.84. The van der Waals surface area contributed by atoms with Crippen molar-refractivity contribution in [2.45, 2.75) is 19.4 Å². The summed E-state index contributed by atoms with van der Waals surface area (Å²) in [6, 6.07) is 2.49. The molecular weight excluding hydrogens is 246 g/mol. The van der Waals surface area contributed by atoms with Gasteiger partial charge in [-0.3, -0.25) is 0 Å². The Morgan fingerprint density at radius 3 is 3.13 bits per heavy atom. The first kappa shape index (κ1) is 11.8. The fourth-order valence-corrected chi connectivity index (χ4v) is 4.03. The lowest BCUT2D eigenvalue weighted by Gasteiger charge is -2.15. The van der Waals surface area contributed by atoms with E-state index in [0.717, 1.165) is 16.8 Å². The number of hydrogen-bond donors (Lipinski definition) is 1. The van der Waals surface area contributed by atoms with Crippen molar-refractivity contribution in [2.24, 2.45) is 5.92 Å². The van der Waals surface area contributed by atoms with E-state index in [2.05, 4.69) is 35.4 Å². The summed E-state index contributed by atoms with van der Waals surface area (Å²) in [5.74, 6) is 3.53. The quantitative estimate of drug-likeness (QED) is 0.885. The maximum Gasteiger partial charge on any atom is 0.0931 e. The van der Waals surface area contributed by atoms with Gasteiger partial charge in [-0.25, -0.2) is 0 Å². The Balaban J connectivity index is 1.79. The Labute approximate surface area is 105 Å². The maximum atomic E-state index is 5.92. The van der Waals surface area contributed by atoms with Crippen LogP contribution in [0.1, 0.15) is 24.9 Å². The highest BCUT2D eigenvalue weighted by Gasteiger charge is 2.16. The number of halogens is 1. The lowest BCUT2D eigenvalue weighted by Crippen LogP contribution is -2.25. The minimum Gasteiger partial charge on any atom is -0.310 e. The first-order valence-electron chi connectivity index (χ1n) is 5.31. The van der Waals surface area contributed by atoms with E-state index < -0.39 is 0 Å². The summed E-state index contributed by atoms with van der Waals surface area (Å²) in [6.07, 6.45) is 1.37. The highest BCUT2D eigenvalue weighted by molar-refractivity contribution is 7.99. The molecule has 1 N–H and O–H groups in total. The number of hydrogen-bond acceptors (Lipinski definition) is 3. The van der Waals surface area contributed by atoms with Crippen LogP contribution in [0.2, 0.25) is 4.34 Å². The second kappa shape index (κ2) is 5.58. The third-order valence-electron chi connectivity index (χ3n) is 2.82. The van der Waals surface area contributed by atoms with Crippen LogP contribution in [0.4, 0.5) is 0 Å². The van der Waals surface area contributed by atoms with Crippen LogP contribution in [0.5, 0.6) is 0 Å². The van der Waals surface area contributed by atoms with E-state index in [9.17, 15) is 0 Å². The van der Waals surface area contributed by atoms with Gasteiger partial charge < -0.3 is 5.32 Å². The monoisotopic (exact) mass is 261 g/mol. The molecule has 0 radical (unpaired) electrons. The number of thioether (sulfide) groups is 1. The molecule has 2 atom stereocenters. The number of thiophene rings is 1. The molecule has 4 heteroatoms. The molecule has 2 unspecified atom stereocenters. The molecule has 1 aromatic heterocycles. The molecule has 2 heterocycles. The minimum atomic E-state index is 0.430. The molecule has 1 nitrogen and oxygen atoms in total. The molecule has 0 aromatic carbocycles. The lowest BCUT2D eigenvalue weighted by atomic mass is 10.1. The molecule has 0 aliphatic carbocycles. The lowest BCUT2D eigenvalue weighted by molar-refractivity contribution is 0.478. The highest BCUT2D eigenvalue weighted by Crippen LogP contribution is 2.26. The predicted molar refractivity (Wildman–Crippen MR) is 71.2 cm³/mol. The fourth-order valence-electron chi connectivity index (χ4n) is 1.76. The Morgan fingerprint density at radius 2 is 2.53 bits per heavy atom. The van der Waals surface area contributed by atoms with Gasteiger partial charge in [0.1, 0.15) is 0 Å². The number of rotatable bonds is 4. The minimum absolute atomic E-state index is 0.430. The standard InChI is InChI=1S/C11H16ClNS2/c1-8(10-4-11(12)15-7-10)13-5-9-2-3-14-6-9/h4,7-9,13H,2-3,5-6H2,1H3. The summed E-state index contributed by atoms with van der Waals surface area (Å²) in [6.45, 7) is 3.35. The SMILES string of the molecule is CC(NCC1CCSC1)c1csc(Cl)c1. The molecule has 0 amide bonds. The van der Waals surface area contributed by atoms with Gasteiger partial charge in [-0.1, -0.05) is 11.6 Å². The average molecular weight is 262 g/mol. The molecule has 15 heavy (non-hydrogen) atoms. The molecule has 0 bridgehead atoms. The summed E-state index contributed by atoms with van der Waals surface area (Å²) in [5, 5.41) is 5.73. The third-order valence-corrected chi connectivity index (χ3v) is 5.17. The Hall–Kier alpha value is 0.300. The molecule has 84 valence electrons. The molecule has 0 spiro atoms. The fraction of sp³-hybridized carbons (Fsp3) is 0.636. The van der Waals surface area contributed by atoms with Crippen molar-refractivity contribution in [2.75, 3.05) is 18.1 Å². The van der Waals surface area contributed by atoms with Crippen molar-refractivity contribution in [3.05, 3.63) is 21.3 Å². The molecule has 2 rings (SSSR count). The van der Waals surface area contributed by atoms with E-state index in [1.54, 1.807) is 11.3 Å². The zero-order valence-electron chi connectivity index (χ0n) is 8.83. The van der Waals surface area contributed by atoms with Gasteiger partial charge in [-0.2, -0.15) is 11.8 Å². The van der Waals surface area contributed by atoms with Gasteiger partial charge in [0, 0.05) is 6.04 Å². The van der Waals surface area contributed by atoms with Crippen molar-refractivity contribution in [3.63, 3.8) is 0 Å². The van der Waals surface area contributed by atoms with Crippen molar-refractivity contribution in [1.82, 2.24) is 5.32 Å². The van der Waals surface area contributed by atoms with E-state index in [0.29, 0.717) is 6.04 Å². The van der Waals surface area contributed by atoms with E-state index in [-0.39, 0.29) is 0 Å². The maximum absolute atomic E-state index is 5.92. The van der Waals surface area contributed by atoms with Crippen LogP contribution in [0, 0.1) is 5.92 Å². The first-order valence-corrected chi connectivity index (χ1v) is 7.72. The van der Waals surface area contributed by atoms with Crippen LogP contribution in [0.3, 0.4) is 0 Å².